The van der Waals surface area contributed by atoms with E-state index in [1.54, 1.807) is 0 Å². The van der Waals surface area contributed by atoms with Gasteiger partial charge in [-0.3, -0.25) is 0 Å². The summed E-state index contributed by atoms with van der Waals surface area (Å²) in [5.74, 6) is 0. The van der Waals surface area contributed by atoms with Crippen molar-refractivity contribution in [3.8, 4) is 44.5 Å². The van der Waals surface area contributed by atoms with Crippen LogP contribution in [0.1, 0.15) is 0 Å². The van der Waals surface area contributed by atoms with Crippen LogP contribution < -0.4 is 0 Å². The molecule has 9 rings (SSSR count). The monoisotopic (exact) mass is 562 g/mol. The highest BCUT2D eigenvalue weighted by atomic mass is 16.3. The van der Waals surface area contributed by atoms with Gasteiger partial charge in [0.05, 0.1) is 0 Å². The number of para-hydroxylation sites is 4. The number of fused-ring (bicyclic) bond motifs is 6. The van der Waals surface area contributed by atoms with Gasteiger partial charge in [0, 0.05) is 32.7 Å². The standard InChI is InChI=1S/C42H26O2/c1-3-19-39-35(13-1)37-17-7-15-33(41(37)43-39)31-11-5-9-29(25-31)27-21-23-28(24-22-27)30-10-6-12-32(26-30)34-16-8-18-38-36-14-2-4-20-40(36)44-42(34)38/h1-26H. The summed E-state index contributed by atoms with van der Waals surface area (Å²) >= 11 is 0. The zero-order valence-electron chi connectivity index (χ0n) is 23.8. The van der Waals surface area contributed by atoms with Gasteiger partial charge < -0.3 is 8.83 Å². The molecule has 206 valence electrons. The van der Waals surface area contributed by atoms with Gasteiger partial charge in [0.25, 0.3) is 0 Å². The maximum atomic E-state index is 6.32. The van der Waals surface area contributed by atoms with E-state index in [0.29, 0.717) is 0 Å². The topological polar surface area (TPSA) is 26.3 Å². The Bertz CT molecular complexity index is 2320. The van der Waals surface area contributed by atoms with Crippen LogP contribution in [0.4, 0.5) is 0 Å². The van der Waals surface area contributed by atoms with Crippen molar-refractivity contribution in [3.05, 3.63) is 158 Å². The third-order valence-electron chi connectivity index (χ3n) is 8.71. The lowest BCUT2D eigenvalue weighted by atomic mass is 9.95. The smallest absolute Gasteiger partial charge is 0.143 e. The van der Waals surface area contributed by atoms with E-state index in [1.807, 2.05) is 24.3 Å². The molecule has 0 saturated heterocycles. The van der Waals surface area contributed by atoms with E-state index < -0.39 is 0 Å². The fourth-order valence-electron chi connectivity index (χ4n) is 6.54. The van der Waals surface area contributed by atoms with Crippen molar-refractivity contribution in [2.75, 3.05) is 0 Å². The van der Waals surface area contributed by atoms with Gasteiger partial charge in [0.15, 0.2) is 0 Å². The second-order valence-corrected chi connectivity index (χ2v) is 11.3. The minimum absolute atomic E-state index is 0.917. The van der Waals surface area contributed by atoms with Crippen molar-refractivity contribution in [2.45, 2.75) is 0 Å². The van der Waals surface area contributed by atoms with Crippen LogP contribution in [0, 0.1) is 0 Å². The normalized spacial score (nSPS) is 11.6. The summed E-state index contributed by atoms with van der Waals surface area (Å²) in [4.78, 5) is 0. The molecule has 2 aromatic heterocycles. The van der Waals surface area contributed by atoms with Crippen molar-refractivity contribution >= 4 is 43.9 Å². The van der Waals surface area contributed by atoms with Crippen molar-refractivity contribution in [2.24, 2.45) is 0 Å². The molecule has 7 aromatic carbocycles. The van der Waals surface area contributed by atoms with Gasteiger partial charge in [0.1, 0.15) is 22.3 Å². The number of hydrogen-bond donors (Lipinski definition) is 0. The second kappa shape index (κ2) is 9.86. The highest BCUT2D eigenvalue weighted by Gasteiger charge is 2.14. The Kier molecular flexibility index (Phi) is 5.54. The molecule has 0 saturated carbocycles. The van der Waals surface area contributed by atoms with E-state index in [1.165, 1.54) is 22.3 Å². The van der Waals surface area contributed by atoms with Crippen LogP contribution in [-0.4, -0.2) is 0 Å². The fraction of sp³-hybridized carbons (Fsp3) is 0. The van der Waals surface area contributed by atoms with E-state index in [-0.39, 0.29) is 0 Å². The quantitative estimate of drug-likeness (QED) is 0.213. The summed E-state index contributed by atoms with van der Waals surface area (Å²) in [5.41, 5.74) is 12.9. The molecule has 0 amide bonds. The molecule has 2 heterocycles. The van der Waals surface area contributed by atoms with Crippen molar-refractivity contribution in [1.29, 1.82) is 0 Å². The lowest BCUT2D eigenvalue weighted by Crippen LogP contribution is -1.84. The lowest BCUT2D eigenvalue weighted by Gasteiger charge is -2.09. The average molecular weight is 563 g/mol. The van der Waals surface area contributed by atoms with E-state index in [9.17, 15) is 0 Å². The molecular formula is C42H26O2. The molecule has 2 nitrogen and oxygen atoms in total. The maximum absolute atomic E-state index is 6.32. The second-order valence-electron chi connectivity index (χ2n) is 11.3. The third kappa shape index (κ3) is 3.96. The third-order valence-corrected chi connectivity index (χ3v) is 8.71. The van der Waals surface area contributed by atoms with Gasteiger partial charge in [-0.05, 0) is 57.6 Å². The zero-order chi connectivity index (χ0) is 29.0. The van der Waals surface area contributed by atoms with Gasteiger partial charge in [-0.25, -0.2) is 0 Å². The molecule has 0 aliphatic heterocycles. The first-order valence-corrected chi connectivity index (χ1v) is 14.9. The minimum atomic E-state index is 0.917. The van der Waals surface area contributed by atoms with Crippen LogP contribution in [0.2, 0.25) is 0 Å². The zero-order valence-corrected chi connectivity index (χ0v) is 23.8. The first-order valence-electron chi connectivity index (χ1n) is 14.9. The summed E-state index contributed by atoms with van der Waals surface area (Å²) in [5, 5.41) is 4.59. The van der Waals surface area contributed by atoms with E-state index in [4.69, 9.17) is 8.83 Å². The number of benzene rings is 7. The fourth-order valence-corrected chi connectivity index (χ4v) is 6.54. The Balaban J connectivity index is 1.06. The highest BCUT2D eigenvalue weighted by molar-refractivity contribution is 6.10. The van der Waals surface area contributed by atoms with E-state index >= 15 is 0 Å². The molecule has 9 aromatic rings. The molecule has 0 aliphatic rings. The van der Waals surface area contributed by atoms with Gasteiger partial charge >= 0.3 is 0 Å². The van der Waals surface area contributed by atoms with Crippen LogP contribution in [0.15, 0.2) is 167 Å². The van der Waals surface area contributed by atoms with Crippen LogP contribution in [0.5, 0.6) is 0 Å². The molecule has 0 spiro atoms. The molecular weight excluding hydrogens is 536 g/mol. The number of hydrogen-bond acceptors (Lipinski definition) is 2. The van der Waals surface area contributed by atoms with Crippen LogP contribution in [-0.2, 0) is 0 Å². The molecule has 0 fully saturated rings. The summed E-state index contributed by atoms with van der Waals surface area (Å²) in [6, 6.07) is 55.5. The Morgan fingerprint density at radius 3 is 1.14 bits per heavy atom. The Morgan fingerprint density at radius 1 is 0.273 bits per heavy atom. The van der Waals surface area contributed by atoms with Gasteiger partial charge in [0.2, 0.25) is 0 Å². The van der Waals surface area contributed by atoms with Crippen molar-refractivity contribution in [3.63, 3.8) is 0 Å². The van der Waals surface area contributed by atoms with Crippen LogP contribution in [0.25, 0.3) is 88.4 Å². The first-order chi connectivity index (χ1) is 21.8. The molecule has 0 bridgehead atoms. The Labute approximate surface area is 254 Å². The molecule has 0 unspecified atom stereocenters. The predicted molar refractivity (Wildman–Crippen MR) is 183 cm³/mol. The van der Waals surface area contributed by atoms with E-state index in [0.717, 1.165) is 66.1 Å². The predicted octanol–water partition coefficient (Wildman–Crippen LogP) is 12.2. The SMILES string of the molecule is c1cc(-c2ccc(-c3cccc(-c4cccc5c4oc4ccccc45)c3)cc2)cc(-c2cccc3c2oc2ccccc23)c1. The van der Waals surface area contributed by atoms with E-state index in [2.05, 4.69) is 133 Å². The molecule has 0 aliphatic carbocycles. The largest absolute Gasteiger partial charge is 0.455 e. The van der Waals surface area contributed by atoms with Crippen molar-refractivity contribution in [1.82, 2.24) is 0 Å². The number of rotatable bonds is 4. The Morgan fingerprint density at radius 2 is 0.659 bits per heavy atom. The maximum Gasteiger partial charge on any atom is 0.143 e. The summed E-state index contributed by atoms with van der Waals surface area (Å²) in [6.07, 6.45) is 0. The molecule has 0 N–H and O–H groups in total. The molecule has 44 heavy (non-hydrogen) atoms. The Hall–Kier alpha value is -5.86. The first kappa shape index (κ1) is 24.7. The van der Waals surface area contributed by atoms with Gasteiger partial charge in [-0.1, -0.05) is 133 Å². The summed E-state index contributed by atoms with van der Waals surface area (Å²) < 4.78 is 12.6. The average Bonchev–Trinajstić information content (AvgIpc) is 3.67. The van der Waals surface area contributed by atoms with Crippen LogP contribution in [0.3, 0.4) is 0 Å². The lowest BCUT2D eigenvalue weighted by molar-refractivity contribution is 0.669. The van der Waals surface area contributed by atoms with Crippen LogP contribution >= 0.6 is 0 Å². The van der Waals surface area contributed by atoms with Crippen molar-refractivity contribution < 1.29 is 8.83 Å². The molecule has 2 heteroatoms. The van der Waals surface area contributed by atoms with Gasteiger partial charge in [-0.15, -0.1) is 0 Å². The molecule has 0 radical (unpaired) electrons. The summed E-state index contributed by atoms with van der Waals surface area (Å²) in [6.45, 7) is 0. The minimum Gasteiger partial charge on any atom is -0.455 e. The highest BCUT2D eigenvalue weighted by Crippen LogP contribution is 2.39. The number of furan rings is 2. The summed E-state index contributed by atoms with van der Waals surface area (Å²) in [7, 11) is 0. The van der Waals surface area contributed by atoms with Gasteiger partial charge in [-0.2, -0.15) is 0 Å². The molecule has 0 atom stereocenters.